The summed E-state index contributed by atoms with van der Waals surface area (Å²) in [5.41, 5.74) is 0.519. The van der Waals surface area contributed by atoms with Gasteiger partial charge in [0.25, 0.3) is 0 Å². The molecule has 0 saturated carbocycles. The molecular weight excluding hydrogens is 255 g/mol. The zero-order chi connectivity index (χ0) is 14.6. The highest BCUT2D eigenvalue weighted by molar-refractivity contribution is 5.46. The number of benzene rings is 1. The molecule has 0 radical (unpaired) electrons. The molecule has 0 aromatic heterocycles. The van der Waals surface area contributed by atoms with Gasteiger partial charge in [0, 0.05) is 38.4 Å². The van der Waals surface area contributed by atoms with Crippen LogP contribution in [0, 0.1) is 5.82 Å². The Morgan fingerprint density at radius 1 is 1.05 bits per heavy atom. The van der Waals surface area contributed by atoms with E-state index in [-0.39, 0.29) is 5.82 Å². The van der Waals surface area contributed by atoms with Crippen molar-refractivity contribution in [3.05, 3.63) is 30.1 Å². The van der Waals surface area contributed by atoms with Gasteiger partial charge in [-0.15, -0.1) is 0 Å². The Labute approximate surface area is 121 Å². The maximum Gasteiger partial charge on any atom is 0.123 e. The number of rotatable bonds is 5. The van der Waals surface area contributed by atoms with Crippen LogP contribution >= 0.6 is 0 Å². The molecule has 0 amide bonds. The van der Waals surface area contributed by atoms with Gasteiger partial charge in [-0.05, 0) is 37.1 Å². The molecule has 1 saturated heterocycles. The van der Waals surface area contributed by atoms with E-state index >= 15 is 0 Å². The summed E-state index contributed by atoms with van der Waals surface area (Å²) in [5.74, 6) is -0.191. The first kappa shape index (κ1) is 15.3. The van der Waals surface area contributed by atoms with E-state index in [0.717, 1.165) is 51.3 Å². The Morgan fingerprint density at radius 2 is 1.60 bits per heavy atom. The molecule has 0 unspecified atom stereocenters. The van der Waals surface area contributed by atoms with Crippen LogP contribution in [0.1, 0.15) is 26.7 Å². The van der Waals surface area contributed by atoms with Crippen LogP contribution in [-0.4, -0.2) is 48.3 Å². The summed E-state index contributed by atoms with van der Waals surface area (Å²) in [6.45, 7) is 8.57. The molecular formula is C16H25FN2O. The predicted molar refractivity (Wildman–Crippen MR) is 80.6 cm³/mol. The quantitative estimate of drug-likeness (QED) is 0.897. The number of hydrogen-bond donors (Lipinski definition) is 1. The lowest BCUT2D eigenvalue weighted by Crippen LogP contribution is -2.51. The zero-order valence-electron chi connectivity index (χ0n) is 12.5. The first-order chi connectivity index (χ1) is 9.56. The number of aliphatic hydroxyl groups is 1. The highest BCUT2D eigenvalue weighted by Crippen LogP contribution is 2.20. The van der Waals surface area contributed by atoms with Crippen LogP contribution in [0.15, 0.2) is 24.3 Å². The second kappa shape index (κ2) is 6.55. The minimum Gasteiger partial charge on any atom is -0.389 e. The topological polar surface area (TPSA) is 26.7 Å². The summed E-state index contributed by atoms with van der Waals surface area (Å²) in [6, 6.07) is 6.68. The fourth-order valence-corrected chi connectivity index (χ4v) is 2.71. The Morgan fingerprint density at radius 3 is 2.10 bits per heavy atom. The zero-order valence-corrected chi connectivity index (χ0v) is 12.5. The van der Waals surface area contributed by atoms with Gasteiger partial charge >= 0.3 is 0 Å². The maximum absolute atomic E-state index is 12.9. The molecule has 1 aliphatic rings. The first-order valence-corrected chi connectivity index (χ1v) is 7.51. The van der Waals surface area contributed by atoms with Crippen LogP contribution in [-0.2, 0) is 0 Å². The van der Waals surface area contributed by atoms with Crippen LogP contribution in [0.3, 0.4) is 0 Å². The third-order valence-electron chi connectivity index (χ3n) is 4.40. The Balaban J connectivity index is 1.87. The molecule has 1 fully saturated rings. The van der Waals surface area contributed by atoms with Crippen molar-refractivity contribution in [2.24, 2.45) is 0 Å². The summed E-state index contributed by atoms with van der Waals surface area (Å²) in [5, 5.41) is 10.4. The molecule has 1 aromatic rings. The fourth-order valence-electron chi connectivity index (χ4n) is 2.71. The van der Waals surface area contributed by atoms with Crippen LogP contribution < -0.4 is 4.90 Å². The van der Waals surface area contributed by atoms with Gasteiger partial charge in [-0.3, -0.25) is 4.90 Å². The number of piperazine rings is 1. The lowest BCUT2D eigenvalue weighted by atomic mass is 9.96. The Bertz CT molecular complexity index is 409. The van der Waals surface area contributed by atoms with Gasteiger partial charge < -0.3 is 10.0 Å². The van der Waals surface area contributed by atoms with E-state index in [1.165, 1.54) is 12.1 Å². The van der Waals surface area contributed by atoms with Gasteiger partial charge in [-0.1, -0.05) is 13.8 Å². The lowest BCUT2D eigenvalue weighted by molar-refractivity contribution is -0.00455. The number of nitrogens with zero attached hydrogens (tertiary/aromatic N) is 2. The van der Waals surface area contributed by atoms with Gasteiger partial charge in [0.2, 0.25) is 0 Å². The van der Waals surface area contributed by atoms with Crippen molar-refractivity contribution >= 4 is 5.69 Å². The van der Waals surface area contributed by atoms with E-state index in [1.54, 1.807) is 0 Å². The van der Waals surface area contributed by atoms with Crippen molar-refractivity contribution in [2.75, 3.05) is 37.6 Å². The van der Waals surface area contributed by atoms with Crippen LogP contribution in [0.25, 0.3) is 0 Å². The molecule has 1 aromatic carbocycles. The number of β-amino-alcohol motifs (C(OH)–C–C–N with tert-alkyl or cyclic N) is 1. The first-order valence-electron chi connectivity index (χ1n) is 7.51. The fraction of sp³-hybridized carbons (Fsp3) is 0.625. The number of halogens is 1. The van der Waals surface area contributed by atoms with E-state index in [9.17, 15) is 9.50 Å². The van der Waals surface area contributed by atoms with E-state index in [0.29, 0.717) is 0 Å². The molecule has 1 aliphatic heterocycles. The molecule has 0 bridgehead atoms. The molecule has 2 rings (SSSR count). The molecule has 0 aliphatic carbocycles. The van der Waals surface area contributed by atoms with Gasteiger partial charge in [-0.25, -0.2) is 4.39 Å². The summed E-state index contributed by atoms with van der Waals surface area (Å²) >= 11 is 0. The molecule has 0 atom stereocenters. The van der Waals surface area contributed by atoms with E-state index in [2.05, 4.69) is 9.80 Å². The average Bonchev–Trinajstić information content (AvgIpc) is 2.49. The number of hydrogen-bond acceptors (Lipinski definition) is 3. The lowest BCUT2D eigenvalue weighted by Gasteiger charge is -2.39. The van der Waals surface area contributed by atoms with Crippen molar-refractivity contribution in [3.8, 4) is 0 Å². The van der Waals surface area contributed by atoms with E-state index in [1.807, 2.05) is 26.0 Å². The smallest absolute Gasteiger partial charge is 0.123 e. The SMILES string of the molecule is CCC(O)(CC)CN1CCN(c2ccc(F)cc2)CC1. The van der Waals surface area contributed by atoms with Gasteiger partial charge in [0.05, 0.1) is 5.60 Å². The normalized spacial score (nSPS) is 17.5. The molecule has 0 spiro atoms. The third kappa shape index (κ3) is 3.70. The van der Waals surface area contributed by atoms with E-state index in [4.69, 9.17) is 0 Å². The van der Waals surface area contributed by atoms with E-state index < -0.39 is 5.60 Å². The van der Waals surface area contributed by atoms with Crippen molar-refractivity contribution in [2.45, 2.75) is 32.3 Å². The molecule has 4 heteroatoms. The van der Waals surface area contributed by atoms with Crippen LogP contribution in [0.4, 0.5) is 10.1 Å². The summed E-state index contributed by atoms with van der Waals surface area (Å²) < 4.78 is 12.9. The Kier molecular flexibility index (Phi) is 5.00. The molecule has 1 N–H and O–H groups in total. The largest absolute Gasteiger partial charge is 0.389 e. The second-order valence-electron chi connectivity index (χ2n) is 5.67. The van der Waals surface area contributed by atoms with Crippen LogP contribution in [0.5, 0.6) is 0 Å². The highest BCUT2D eigenvalue weighted by atomic mass is 19.1. The second-order valence-corrected chi connectivity index (χ2v) is 5.67. The molecule has 112 valence electrons. The summed E-state index contributed by atoms with van der Waals surface area (Å²) in [6.07, 6.45) is 1.59. The number of anilines is 1. The molecule has 3 nitrogen and oxygen atoms in total. The highest BCUT2D eigenvalue weighted by Gasteiger charge is 2.27. The van der Waals surface area contributed by atoms with Crippen molar-refractivity contribution < 1.29 is 9.50 Å². The Hall–Kier alpha value is -1.13. The van der Waals surface area contributed by atoms with Gasteiger partial charge in [0.15, 0.2) is 0 Å². The monoisotopic (exact) mass is 280 g/mol. The average molecular weight is 280 g/mol. The van der Waals surface area contributed by atoms with Crippen LogP contribution in [0.2, 0.25) is 0 Å². The van der Waals surface area contributed by atoms with Crippen molar-refractivity contribution in [1.82, 2.24) is 4.90 Å². The van der Waals surface area contributed by atoms with Gasteiger partial charge in [-0.2, -0.15) is 0 Å². The standard InChI is InChI=1S/C16H25FN2O/c1-3-16(20,4-2)13-18-9-11-19(12-10-18)15-7-5-14(17)6-8-15/h5-8,20H,3-4,9-13H2,1-2H3. The minimum atomic E-state index is -0.557. The molecule has 20 heavy (non-hydrogen) atoms. The minimum absolute atomic E-state index is 0.191. The predicted octanol–water partition coefficient (Wildman–Crippen LogP) is 2.50. The maximum atomic E-state index is 12.9. The van der Waals surface area contributed by atoms with Crippen molar-refractivity contribution in [3.63, 3.8) is 0 Å². The van der Waals surface area contributed by atoms with Crippen molar-refractivity contribution in [1.29, 1.82) is 0 Å². The van der Waals surface area contributed by atoms with Gasteiger partial charge in [0.1, 0.15) is 5.82 Å². The third-order valence-corrected chi connectivity index (χ3v) is 4.40. The summed E-state index contributed by atoms with van der Waals surface area (Å²) in [7, 11) is 0. The molecule has 1 heterocycles. The summed E-state index contributed by atoms with van der Waals surface area (Å²) in [4.78, 5) is 4.60.